The van der Waals surface area contributed by atoms with Crippen LogP contribution >= 0.6 is 0 Å². The third kappa shape index (κ3) is 8.00. The summed E-state index contributed by atoms with van der Waals surface area (Å²) in [6.45, 7) is 5.48. The second-order valence-corrected chi connectivity index (χ2v) is 14.5. The number of amides is 1. The van der Waals surface area contributed by atoms with Crippen LogP contribution in [0.5, 0.6) is 5.88 Å². The van der Waals surface area contributed by atoms with Gasteiger partial charge in [0, 0.05) is 49.7 Å². The number of nitro groups is 1. The standard InChI is InChI=1S/C33H38N8O8S/c1-33(2,22-5-9-24(10-6-22)41(43)44)49-32(42)40(50(3,45)46)25-19-27-28(36-21-25)20-29(39-15-17-47-18-16-39)38-30(27)48-26-11-7-23(8-12-26)37-31-34-13-4-14-35-31/h4-6,9-10,13-14,19-21,23,26H,7-8,11-12,15-18H2,1-3H3,(H,34,35,37). The van der Waals surface area contributed by atoms with Gasteiger partial charge in [-0.05, 0) is 69.4 Å². The molecule has 1 saturated carbocycles. The lowest BCUT2D eigenvalue weighted by molar-refractivity contribution is -0.384. The highest BCUT2D eigenvalue weighted by molar-refractivity contribution is 7.92. The number of fused-ring (bicyclic) bond motifs is 1. The van der Waals surface area contributed by atoms with E-state index in [4.69, 9.17) is 19.2 Å². The molecule has 0 unspecified atom stereocenters. The fraction of sp³-hybridized carbons (Fsp3) is 0.424. The molecule has 1 saturated heterocycles. The molecule has 0 bridgehead atoms. The Hall–Kier alpha value is -5.16. The van der Waals surface area contributed by atoms with Crippen molar-refractivity contribution >= 4 is 50.2 Å². The predicted octanol–water partition coefficient (Wildman–Crippen LogP) is 4.80. The molecule has 3 aromatic heterocycles. The number of nitrogens with zero attached hydrogens (tertiary/aromatic N) is 7. The number of ether oxygens (including phenoxy) is 3. The summed E-state index contributed by atoms with van der Waals surface area (Å²) in [5.74, 6) is 1.50. The van der Waals surface area contributed by atoms with Crippen LogP contribution in [0.15, 0.2) is 61.1 Å². The van der Waals surface area contributed by atoms with Gasteiger partial charge in [-0.25, -0.2) is 23.2 Å². The molecule has 4 heterocycles. The lowest BCUT2D eigenvalue weighted by atomic mass is 9.93. The van der Waals surface area contributed by atoms with E-state index in [0.717, 1.165) is 31.9 Å². The molecule has 1 N–H and O–H groups in total. The van der Waals surface area contributed by atoms with Crippen LogP contribution in [-0.4, -0.2) is 84.1 Å². The number of nitro benzene ring substituents is 1. The summed E-state index contributed by atoms with van der Waals surface area (Å²) in [6, 6.07) is 10.7. The van der Waals surface area contributed by atoms with Crippen molar-refractivity contribution in [3.05, 3.63) is 76.7 Å². The highest BCUT2D eigenvalue weighted by atomic mass is 32.2. The zero-order chi connectivity index (χ0) is 35.5. The minimum Gasteiger partial charge on any atom is -0.474 e. The summed E-state index contributed by atoms with van der Waals surface area (Å²) >= 11 is 0. The summed E-state index contributed by atoms with van der Waals surface area (Å²) in [5, 5.41) is 14.9. The molecule has 50 heavy (non-hydrogen) atoms. The summed E-state index contributed by atoms with van der Waals surface area (Å²) < 4.78 is 44.6. The van der Waals surface area contributed by atoms with Crippen LogP contribution in [0, 0.1) is 10.1 Å². The van der Waals surface area contributed by atoms with Crippen molar-refractivity contribution in [3.63, 3.8) is 0 Å². The van der Waals surface area contributed by atoms with Gasteiger partial charge in [0.25, 0.3) is 5.69 Å². The first kappa shape index (κ1) is 34.7. The largest absolute Gasteiger partial charge is 0.474 e. The van der Waals surface area contributed by atoms with E-state index < -0.39 is 26.6 Å². The maximum Gasteiger partial charge on any atom is 0.429 e. The molecular formula is C33H38N8O8S. The smallest absolute Gasteiger partial charge is 0.429 e. The highest BCUT2D eigenvalue weighted by Gasteiger charge is 2.35. The van der Waals surface area contributed by atoms with Gasteiger partial charge in [-0.3, -0.25) is 15.1 Å². The Morgan fingerprint density at radius 3 is 2.38 bits per heavy atom. The van der Waals surface area contributed by atoms with Gasteiger partial charge in [0.1, 0.15) is 17.5 Å². The number of carbonyl (C=O) groups excluding carboxylic acids is 1. The highest BCUT2D eigenvalue weighted by Crippen LogP contribution is 2.35. The number of pyridine rings is 2. The molecule has 0 radical (unpaired) electrons. The van der Waals surface area contributed by atoms with Crippen LogP contribution in [0.25, 0.3) is 10.9 Å². The van der Waals surface area contributed by atoms with Crippen molar-refractivity contribution in [2.24, 2.45) is 0 Å². The fourth-order valence-corrected chi connectivity index (χ4v) is 6.79. The van der Waals surface area contributed by atoms with Gasteiger partial charge in [0.2, 0.25) is 21.9 Å². The van der Waals surface area contributed by atoms with E-state index in [1.165, 1.54) is 36.5 Å². The molecule has 264 valence electrons. The first-order chi connectivity index (χ1) is 23.9. The Morgan fingerprint density at radius 2 is 1.74 bits per heavy atom. The molecule has 1 aliphatic carbocycles. The van der Waals surface area contributed by atoms with Crippen molar-refractivity contribution < 1.29 is 32.3 Å². The first-order valence-electron chi connectivity index (χ1n) is 16.2. The molecule has 0 spiro atoms. The average Bonchev–Trinajstić information content (AvgIpc) is 3.09. The number of morpholine rings is 1. The number of anilines is 3. The van der Waals surface area contributed by atoms with E-state index >= 15 is 0 Å². The topological polar surface area (TPSA) is 192 Å². The van der Waals surface area contributed by atoms with Crippen LogP contribution in [0.4, 0.5) is 27.9 Å². The zero-order valence-electron chi connectivity index (χ0n) is 27.9. The summed E-state index contributed by atoms with van der Waals surface area (Å²) in [5.41, 5.74) is -0.609. The Morgan fingerprint density at radius 1 is 1.06 bits per heavy atom. The number of nitrogens with one attached hydrogen (secondary N) is 1. The number of hydrogen-bond donors (Lipinski definition) is 1. The van der Waals surface area contributed by atoms with Crippen LogP contribution in [-0.2, 0) is 25.1 Å². The monoisotopic (exact) mass is 706 g/mol. The van der Waals surface area contributed by atoms with Crippen molar-refractivity contribution in [2.45, 2.75) is 57.3 Å². The Bertz CT molecular complexity index is 1950. The van der Waals surface area contributed by atoms with Crippen LogP contribution in [0.1, 0.15) is 45.1 Å². The van der Waals surface area contributed by atoms with Crippen molar-refractivity contribution in [2.75, 3.05) is 47.1 Å². The second-order valence-electron chi connectivity index (χ2n) is 12.7. The number of aromatic nitrogens is 4. The number of hydrogen-bond acceptors (Lipinski definition) is 14. The van der Waals surface area contributed by atoms with E-state index in [9.17, 15) is 23.3 Å². The Kier molecular flexibility index (Phi) is 9.97. The van der Waals surface area contributed by atoms with E-state index in [1.54, 1.807) is 38.4 Å². The van der Waals surface area contributed by atoms with Gasteiger partial charge >= 0.3 is 6.09 Å². The number of sulfonamides is 1. The molecule has 2 fully saturated rings. The van der Waals surface area contributed by atoms with Gasteiger partial charge in [0.15, 0.2) is 0 Å². The van der Waals surface area contributed by atoms with Crippen LogP contribution in [0.3, 0.4) is 0 Å². The van der Waals surface area contributed by atoms with Gasteiger partial charge in [-0.15, -0.1) is 0 Å². The molecule has 1 amide bonds. The first-order valence-corrected chi connectivity index (χ1v) is 18.0. The molecule has 4 aromatic rings. The summed E-state index contributed by atoms with van der Waals surface area (Å²) in [7, 11) is -4.23. The lowest BCUT2D eigenvalue weighted by Crippen LogP contribution is -2.40. The molecular weight excluding hydrogens is 668 g/mol. The number of carbonyl (C=O) groups is 1. The van der Waals surface area contributed by atoms with E-state index in [1.807, 2.05) is 0 Å². The predicted molar refractivity (Wildman–Crippen MR) is 185 cm³/mol. The van der Waals surface area contributed by atoms with Crippen LogP contribution in [0.2, 0.25) is 0 Å². The molecule has 16 nitrogen and oxygen atoms in total. The SMILES string of the molecule is CC(C)(OC(=O)N(c1cnc2cc(N3CCOCC3)nc(OC3CCC(Nc4ncccn4)CC3)c2c1)S(C)(=O)=O)c1ccc([N+](=O)[O-])cc1. The van der Waals surface area contributed by atoms with E-state index in [-0.39, 0.29) is 29.4 Å². The third-order valence-corrected chi connectivity index (χ3v) is 9.67. The van der Waals surface area contributed by atoms with Gasteiger partial charge in [0.05, 0.1) is 47.2 Å². The summed E-state index contributed by atoms with van der Waals surface area (Å²) in [6.07, 6.45) is 7.28. The van der Waals surface area contributed by atoms with Gasteiger partial charge in [-0.1, -0.05) is 0 Å². The molecule has 1 aliphatic heterocycles. The van der Waals surface area contributed by atoms with Crippen LogP contribution < -0.4 is 19.3 Å². The van der Waals surface area contributed by atoms with E-state index in [0.29, 0.717) is 58.8 Å². The quantitative estimate of drug-likeness (QED) is 0.175. The maximum atomic E-state index is 13.6. The van der Waals surface area contributed by atoms with Gasteiger partial charge in [-0.2, -0.15) is 9.29 Å². The molecule has 0 atom stereocenters. The second kappa shape index (κ2) is 14.4. The van der Waals surface area contributed by atoms with Gasteiger partial charge < -0.3 is 24.4 Å². The molecule has 1 aromatic carbocycles. The normalized spacial score (nSPS) is 18.3. The summed E-state index contributed by atoms with van der Waals surface area (Å²) in [4.78, 5) is 44.2. The third-order valence-electron chi connectivity index (χ3n) is 8.65. The molecule has 6 rings (SSSR count). The van der Waals surface area contributed by atoms with Crippen molar-refractivity contribution in [1.82, 2.24) is 19.9 Å². The average molecular weight is 707 g/mol. The molecule has 2 aliphatic rings. The molecule has 17 heteroatoms. The number of rotatable bonds is 10. The minimum atomic E-state index is -4.23. The number of non-ortho nitro benzene ring substituents is 1. The Labute approximate surface area is 289 Å². The minimum absolute atomic E-state index is 0.0639. The van der Waals surface area contributed by atoms with Crippen molar-refractivity contribution in [1.29, 1.82) is 0 Å². The lowest BCUT2D eigenvalue weighted by Gasteiger charge is -2.31. The number of benzene rings is 1. The zero-order valence-corrected chi connectivity index (χ0v) is 28.7. The Balaban J connectivity index is 1.28. The fourth-order valence-electron chi connectivity index (χ4n) is 6.00. The maximum absolute atomic E-state index is 13.6. The van der Waals surface area contributed by atoms with E-state index in [2.05, 4.69) is 25.2 Å². The van der Waals surface area contributed by atoms with Crippen molar-refractivity contribution in [3.8, 4) is 5.88 Å².